The minimum atomic E-state index is -3.63. The molecule has 1 saturated heterocycles. The van der Waals surface area contributed by atoms with Crippen molar-refractivity contribution >= 4 is 28.0 Å². The van der Waals surface area contributed by atoms with E-state index >= 15 is 0 Å². The highest BCUT2D eigenvalue weighted by atomic mass is 32.2. The number of rotatable bonds is 4. The van der Waals surface area contributed by atoms with Gasteiger partial charge in [-0.05, 0) is 18.2 Å². The summed E-state index contributed by atoms with van der Waals surface area (Å²) >= 11 is 0. The number of benzene rings is 1. The predicted octanol–water partition coefficient (Wildman–Crippen LogP) is 0.860. The van der Waals surface area contributed by atoms with Gasteiger partial charge in [0.25, 0.3) is 10.1 Å². The Balaban J connectivity index is 1.76. The van der Waals surface area contributed by atoms with E-state index < -0.39 is 28.4 Å². The van der Waals surface area contributed by atoms with Crippen molar-refractivity contribution in [3.8, 4) is 5.75 Å². The van der Waals surface area contributed by atoms with Crippen LogP contribution in [0.4, 0.5) is 15.3 Å². The minimum Gasteiger partial charge on any atom is -0.491 e. The predicted molar refractivity (Wildman–Crippen MR) is 88.8 cm³/mol. The number of carboxylic acid groups (broad SMARTS) is 1. The van der Waals surface area contributed by atoms with Crippen LogP contribution in [0.1, 0.15) is 5.56 Å². The Bertz CT molecular complexity index is 825. The largest absolute Gasteiger partial charge is 0.491 e. The van der Waals surface area contributed by atoms with Gasteiger partial charge in [-0.25, -0.2) is 9.59 Å². The zero-order valence-electron chi connectivity index (χ0n) is 14.0. The van der Waals surface area contributed by atoms with E-state index in [1.807, 2.05) is 0 Å². The molecule has 10 nitrogen and oxygen atoms in total. The lowest BCUT2D eigenvalue weighted by atomic mass is 10.1. The van der Waals surface area contributed by atoms with Crippen molar-refractivity contribution < 1.29 is 36.8 Å². The Labute approximate surface area is 150 Å². The van der Waals surface area contributed by atoms with Gasteiger partial charge < -0.3 is 19.5 Å². The topological polar surface area (TPSA) is 123 Å². The van der Waals surface area contributed by atoms with Crippen molar-refractivity contribution in [3.63, 3.8) is 0 Å². The second-order valence-corrected chi connectivity index (χ2v) is 7.59. The molecule has 142 valence electrons. The first-order valence-electron chi connectivity index (χ1n) is 7.79. The summed E-state index contributed by atoms with van der Waals surface area (Å²) in [7, 11) is -3.63. The molecule has 1 N–H and O–H groups in total. The summed E-state index contributed by atoms with van der Waals surface area (Å²) < 4.78 is 37.4. The fourth-order valence-corrected chi connectivity index (χ4v) is 3.13. The molecule has 1 aromatic carbocycles. The van der Waals surface area contributed by atoms with Gasteiger partial charge in [-0.1, -0.05) is 0 Å². The van der Waals surface area contributed by atoms with E-state index in [0.717, 1.165) is 6.26 Å². The number of nitrogens with zero attached hydrogens (tertiary/aromatic N) is 2. The van der Waals surface area contributed by atoms with Gasteiger partial charge in [0.15, 0.2) is 0 Å². The SMILES string of the molecule is CS(=O)(=O)OCC1CN(c2ccc3c(c2)CN(C(=O)O)CCO3)C(=O)O1. The molecule has 3 rings (SSSR count). The van der Waals surface area contributed by atoms with Crippen LogP contribution in [0.2, 0.25) is 0 Å². The molecule has 1 unspecified atom stereocenters. The quantitative estimate of drug-likeness (QED) is 0.756. The number of ether oxygens (including phenoxy) is 2. The fraction of sp³-hybridized carbons (Fsp3) is 0.467. The van der Waals surface area contributed by atoms with Crippen LogP contribution in [0.15, 0.2) is 18.2 Å². The summed E-state index contributed by atoms with van der Waals surface area (Å²) in [6, 6.07) is 5.00. The number of hydrogen-bond donors (Lipinski definition) is 1. The van der Waals surface area contributed by atoms with Crippen LogP contribution >= 0.6 is 0 Å². The first-order chi connectivity index (χ1) is 12.2. The minimum absolute atomic E-state index is 0.122. The first kappa shape index (κ1) is 18.3. The molecule has 2 aliphatic rings. The molecule has 0 saturated carbocycles. The van der Waals surface area contributed by atoms with Gasteiger partial charge in [-0.15, -0.1) is 0 Å². The number of fused-ring (bicyclic) bond motifs is 1. The second kappa shape index (κ2) is 7.00. The zero-order valence-corrected chi connectivity index (χ0v) is 14.8. The molecule has 1 fully saturated rings. The summed E-state index contributed by atoms with van der Waals surface area (Å²) in [6.07, 6.45) is -1.48. The molecule has 1 aromatic rings. The van der Waals surface area contributed by atoms with Gasteiger partial charge in [0, 0.05) is 11.3 Å². The van der Waals surface area contributed by atoms with Crippen molar-refractivity contribution in [2.24, 2.45) is 0 Å². The number of carbonyl (C=O) groups is 2. The Kier molecular flexibility index (Phi) is 4.92. The molecule has 0 spiro atoms. The van der Waals surface area contributed by atoms with Crippen molar-refractivity contribution in [1.82, 2.24) is 4.90 Å². The lowest BCUT2D eigenvalue weighted by molar-refractivity contribution is 0.107. The molecule has 26 heavy (non-hydrogen) atoms. The molecule has 0 radical (unpaired) electrons. The molecular formula is C15H18N2O8S. The first-order valence-corrected chi connectivity index (χ1v) is 9.61. The van der Waals surface area contributed by atoms with Crippen LogP contribution in [-0.2, 0) is 25.6 Å². The number of amides is 2. The Hall–Kier alpha value is -2.53. The van der Waals surface area contributed by atoms with E-state index in [0.29, 0.717) is 17.0 Å². The van der Waals surface area contributed by atoms with Crippen LogP contribution in [0.25, 0.3) is 0 Å². The standard InChI is InChI=1S/C15H18N2O8S/c1-26(21,22)24-9-12-8-17(15(20)25-12)11-2-3-13-10(6-11)7-16(14(18)19)4-5-23-13/h2-3,6,12H,4-5,7-9H2,1H3,(H,18,19). The lowest BCUT2D eigenvalue weighted by Crippen LogP contribution is -2.31. The van der Waals surface area contributed by atoms with Gasteiger partial charge in [0.2, 0.25) is 0 Å². The van der Waals surface area contributed by atoms with Crippen LogP contribution in [0.3, 0.4) is 0 Å². The molecule has 0 aromatic heterocycles. The third-order valence-corrected chi connectivity index (χ3v) is 4.51. The third kappa shape index (κ3) is 4.17. The third-order valence-electron chi connectivity index (χ3n) is 3.95. The summed E-state index contributed by atoms with van der Waals surface area (Å²) in [6.45, 7) is 0.492. The molecule has 0 aliphatic carbocycles. The number of hydrogen-bond acceptors (Lipinski definition) is 7. The smallest absolute Gasteiger partial charge is 0.414 e. The summed E-state index contributed by atoms with van der Waals surface area (Å²) in [5, 5.41) is 9.19. The normalized spacial score (nSPS) is 20.2. The molecule has 11 heteroatoms. The number of carbonyl (C=O) groups excluding carboxylic acids is 1. The van der Waals surface area contributed by atoms with E-state index in [4.69, 9.17) is 9.47 Å². The number of cyclic esters (lactones) is 1. The maximum Gasteiger partial charge on any atom is 0.414 e. The highest BCUT2D eigenvalue weighted by Crippen LogP contribution is 2.30. The molecule has 2 amide bonds. The van der Waals surface area contributed by atoms with Gasteiger partial charge in [0.1, 0.15) is 25.1 Å². The Morgan fingerprint density at radius 3 is 2.88 bits per heavy atom. The molecule has 2 aliphatic heterocycles. The van der Waals surface area contributed by atoms with Crippen LogP contribution in [-0.4, -0.2) is 69.3 Å². The van der Waals surface area contributed by atoms with Gasteiger partial charge in [0.05, 0.1) is 25.9 Å². The Morgan fingerprint density at radius 1 is 1.42 bits per heavy atom. The Morgan fingerprint density at radius 2 is 2.19 bits per heavy atom. The lowest BCUT2D eigenvalue weighted by Gasteiger charge is -2.17. The van der Waals surface area contributed by atoms with Gasteiger partial charge in [-0.3, -0.25) is 9.08 Å². The van der Waals surface area contributed by atoms with Crippen molar-refractivity contribution in [2.45, 2.75) is 12.6 Å². The molecule has 2 heterocycles. The van der Waals surface area contributed by atoms with Crippen LogP contribution in [0.5, 0.6) is 5.75 Å². The maximum atomic E-state index is 12.1. The average molecular weight is 386 g/mol. The van der Waals surface area contributed by atoms with Gasteiger partial charge >= 0.3 is 12.2 Å². The van der Waals surface area contributed by atoms with E-state index in [2.05, 4.69) is 4.18 Å². The van der Waals surface area contributed by atoms with Crippen molar-refractivity contribution in [3.05, 3.63) is 23.8 Å². The molecule has 1 atom stereocenters. The van der Waals surface area contributed by atoms with Crippen molar-refractivity contribution in [2.75, 3.05) is 37.5 Å². The average Bonchev–Trinajstić information content (AvgIpc) is 2.79. The summed E-state index contributed by atoms with van der Waals surface area (Å²) in [5.74, 6) is 0.557. The van der Waals surface area contributed by atoms with Gasteiger partial charge in [-0.2, -0.15) is 8.42 Å². The fourth-order valence-electron chi connectivity index (χ4n) is 2.73. The monoisotopic (exact) mass is 386 g/mol. The highest BCUT2D eigenvalue weighted by molar-refractivity contribution is 7.85. The van der Waals surface area contributed by atoms with Crippen molar-refractivity contribution in [1.29, 1.82) is 0 Å². The van der Waals surface area contributed by atoms with E-state index in [1.54, 1.807) is 18.2 Å². The summed E-state index contributed by atoms with van der Waals surface area (Å²) in [4.78, 5) is 25.9. The maximum absolute atomic E-state index is 12.1. The van der Waals surface area contributed by atoms with E-state index in [1.165, 1.54) is 9.80 Å². The molecular weight excluding hydrogens is 368 g/mol. The van der Waals surface area contributed by atoms with Crippen LogP contribution in [0, 0.1) is 0 Å². The zero-order chi connectivity index (χ0) is 18.9. The van der Waals surface area contributed by atoms with E-state index in [-0.39, 0.29) is 32.8 Å². The number of anilines is 1. The second-order valence-electron chi connectivity index (χ2n) is 5.95. The molecule has 0 bridgehead atoms. The van der Waals surface area contributed by atoms with Crippen LogP contribution < -0.4 is 9.64 Å². The summed E-state index contributed by atoms with van der Waals surface area (Å²) in [5.41, 5.74) is 1.14. The highest BCUT2D eigenvalue weighted by Gasteiger charge is 2.34. The van der Waals surface area contributed by atoms with E-state index in [9.17, 15) is 23.1 Å².